The van der Waals surface area contributed by atoms with Gasteiger partial charge < -0.3 is 11.1 Å². The molecule has 1 fully saturated rings. The summed E-state index contributed by atoms with van der Waals surface area (Å²) in [6, 6.07) is 5.79. The van der Waals surface area contributed by atoms with E-state index in [0.29, 0.717) is 17.3 Å². The van der Waals surface area contributed by atoms with E-state index in [2.05, 4.69) is 5.32 Å². The second-order valence-electron chi connectivity index (χ2n) is 4.43. The highest BCUT2D eigenvalue weighted by atomic mass is 32.2. The zero-order valence-corrected chi connectivity index (χ0v) is 10.8. The maximum atomic E-state index is 12.1. The van der Waals surface area contributed by atoms with Gasteiger partial charge in [0.2, 0.25) is 0 Å². The number of rotatable bonds is 2. The molecule has 17 heavy (non-hydrogen) atoms. The first-order chi connectivity index (χ1) is 8.16. The van der Waals surface area contributed by atoms with Crippen LogP contribution in [0.1, 0.15) is 28.8 Å². The van der Waals surface area contributed by atoms with E-state index in [1.807, 2.05) is 30.8 Å². The van der Waals surface area contributed by atoms with Crippen molar-refractivity contribution in [1.29, 1.82) is 0 Å². The summed E-state index contributed by atoms with van der Waals surface area (Å²) in [7, 11) is 0. The van der Waals surface area contributed by atoms with Crippen molar-refractivity contribution in [2.75, 3.05) is 17.2 Å². The Hall–Kier alpha value is -1.16. The van der Waals surface area contributed by atoms with E-state index in [-0.39, 0.29) is 5.91 Å². The molecule has 3 N–H and O–H groups in total. The van der Waals surface area contributed by atoms with Gasteiger partial charge in [0.1, 0.15) is 0 Å². The minimum atomic E-state index is 0.00620. The smallest absolute Gasteiger partial charge is 0.251 e. The molecule has 92 valence electrons. The lowest BCUT2D eigenvalue weighted by molar-refractivity contribution is 0.0934. The van der Waals surface area contributed by atoms with Gasteiger partial charge in [-0.05, 0) is 49.0 Å². The average Bonchev–Trinajstić information content (AvgIpc) is 2.33. The molecular weight excluding hydrogens is 232 g/mol. The predicted molar refractivity (Wildman–Crippen MR) is 73.4 cm³/mol. The molecule has 1 saturated heterocycles. The molecule has 0 unspecified atom stereocenters. The van der Waals surface area contributed by atoms with Crippen LogP contribution in [0.2, 0.25) is 0 Å². The van der Waals surface area contributed by atoms with Gasteiger partial charge in [0, 0.05) is 17.3 Å². The molecule has 0 aromatic heterocycles. The minimum absolute atomic E-state index is 0.00620. The fourth-order valence-electron chi connectivity index (χ4n) is 1.99. The number of thioether (sulfide) groups is 1. The molecule has 0 bridgehead atoms. The maximum Gasteiger partial charge on any atom is 0.251 e. The van der Waals surface area contributed by atoms with E-state index in [1.165, 1.54) is 0 Å². The van der Waals surface area contributed by atoms with Crippen molar-refractivity contribution < 1.29 is 4.79 Å². The maximum absolute atomic E-state index is 12.1. The highest BCUT2D eigenvalue weighted by Crippen LogP contribution is 2.18. The quantitative estimate of drug-likeness (QED) is 0.791. The van der Waals surface area contributed by atoms with Crippen molar-refractivity contribution in [3.63, 3.8) is 0 Å². The third-order valence-electron chi connectivity index (χ3n) is 3.06. The second-order valence-corrected chi connectivity index (χ2v) is 5.66. The van der Waals surface area contributed by atoms with Crippen LogP contribution in [0.15, 0.2) is 18.2 Å². The SMILES string of the molecule is Cc1ccc(N)cc1C(=O)NC1CCSCC1. The molecule has 1 aromatic carbocycles. The van der Waals surface area contributed by atoms with E-state index in [9.17, 15) is 4.79 Å². The lowest BCUT2D eigenvalue weighted by Gasteiger charge is -2.23. The standard InChI is InChI=1S/C13H18N2OS/c1-9-2-3-10(14)8-12(9)13(16)15-11-4-6-17-7-5-11/h2-3,8,11H,4-7,14H2,1H3,(H,15,16). The Kier molecular flexibility index (Phi) is 3.94. The van der Waals surface area contributed by atoms with Gasteiger partial charge in [0.05, 0.1) is 0 Å². The Morgan fingerprint density at radius 1 is 1.41 bits per heavy atom. The van der Waals surface area contributed by atoms with E-state index in [1.54, 1.807) is 6.07 Å². The molecule has 1 aromatic rings. The van der Waals surface area contributed by atoms with Gasteiger partial charge in [-0.25, -0.2) is 0 Å². The molecule has 3 nitrogen and oxygen atoms in total. The molecule has 4 heteroatoms. The van der Waals surface area contributed by atoms with E-state index >= 15 is 0 Å². The number of nitrogens with one attached hydrogen (secondary N) is 1. The number of benzene rings is 1. The van der Waals surface area contributed by atoms with Gasteiger partial charge in [0.25, 0.3) is 5.91 Å². The minimum Gasteiger partial charge on any atom is -0.399 e. The predicted octanol–water partition coefficient (Wildman–Crippen LogP) is 2.20. The summed E-state index contributed by atoms with van der Waals surface area (Å²) in [6.07, 6.45) is 2.13. The normalized spacial score (nSPS) is 16.8. The molecule has 0 saturated carbocycles. The van der Waals surface area contributed by atoms with Gasteiger partial charge >= 0.3 is 0 Å². The number of anilines is 1. The number of nitrogen functional groups attached to an aromatic ring is 1. The molecular formula is C13H18N2OS. The first-order valence-electron chi connectivity index (χ1n) is 5.91. The Morgan fingerprint density at radius 2 is 2.12 bits per heavy atom. The van der Waals surface area contributed by atoms with Crippen LogP contribution in [0, 0.1) is 6.92 Å². The van der Waals surface area contributed by atoms with E-state index in [4.69, 9.17) is 5.73 Å². The Bertz CT molecular complexity index is 414. The molecule has 0 aliphatic carbocycles. The van der Waals surface area contributed by atoms with Crippen molar-refractivity contribution in [3.8, 4) is 0 Å². The van der Waals surface area contributed by atoms with Crippen molar-refractivity contribution in [2.24, 2.45) is 0 Å². The third-order valence-corrected chi connectivity index (χ3v) is 4.11. The van der Waals surface area contributed by atoms with Crippen molar-refractivity contribution in [3.05, 3.63) is 29.3 Å². The summed E-state index contributed by atoms with van der Waals surface area (Å²) in [6.45, 7) is 1.94. The third kappa shape index (κ3) is 3.16. The van der Waals surface area contributed by atoms with Crippen LogP contribution in [0.3, 0.4) is 0 Å². The highest BCUT2D eigenvalue weighted by molar-refractivity contribution is 7.99. The molecule has 1 aliphatic heterocycles. The number of carbonyl (C=O) groups excluding carboxylic acids is 1. The van der Waals surface area contributed by atoms with Crippen LogP contribution in [-0.4, -0.2) is 23.5 Å². The van der Waals surface area contributed by atoms with Crippen molar-refractivity contribution in [1.82, 2.24) is 5.32 Å². The fourth-order valence-corrected chi connectivity index (χ4v) is 3.10. The molecule has 0 atom stereocenters. The molecule has 1 aliphatic rings. The summed E-state index contributed by atoms with van der Waals surface area (Å²) in [5.74, 6) is 2.29. The van der Waals surface area contributed by atoms with Crippen LogP contribution in [0.4, 0.5) is 5.69 Å². The van der Waals surface area contributed by atoms with Crippen molar-refractivity contribution in [2.45, 2.75) is 25.8 Å². The topological polar surface area (TPSA) is 55.1 Å². The van der Waals surface area contributed by atoms with Crippen LogP contribution >= 0.6 is 11.8 Å². The lowest BCUT2D eigenvalue weighted by Crippen LogP contribution is -2.37. The van der Waals surface area contributed by atoms with Gasteiger partial charge in [0.15, 0.2) is 0 Å². The zero-order valence-electron chi connectivity index (χ0n) is 10.0. The zero-order chi connectivity index (χ0) is 12.3. The molecule has 0 spiro atoms. The first-order valence-corrected chi connectivity index (χ1v) is 7.07. The summed E-state index contributed by atoms with van der Waals surface area (Å²) >= 11 is 1.96. The number of amides is 1. The van der Waals surface area contributed by atoms with Gasteiger partial charge in [-0.3, -0.25) is 4.79 Å². The van der Waals surface area contributed by atoms with Crippen LogP contribution < -0.4 is 11.1 Å². The number of hydrogen-bond acceptors (Lipinski definition) is 3. The average molecular weight is 250 g/mol. The molecule has 1 amide bonds. The van der Waals surface area contributed by atoms with Gasteiger partial charge in [-0.15, -0.1) is 0 Å². The summed E-state index contributed by atoms with van der Waals surface area (Å²) in [5, 5.41) is 3.10. The van der Waals surface area contributed by atoms with Crippen LogP contribution in [-0.2, 0) is 0 Å². The molecule has 1 heterocycles. The van der Waals surface area contributed by atoms with E-state index < -0.39 is 0 Å². The molecule has 2 rings (SSSR count). The summed E-state index contributed by atoms with van der Waals surface area (Å²) < 4.78 is 0. The fraction of sp³-hybridized carbons (Fsp3) is 0.462. The monoisotopic (exact) mass is 250 g/mol. The summed E-state index contributed by atoms with van der Waals surface area (Å²) in [4.78, 5) is 12.1. The van der Waals surface area contributed by atoms with E-state index in [0.717, 1.165) is 29.9 Å². The number of aryl methyl sites for hydroxylation is 1. The Labute approximate surface area is 106 Å². The van der Waals surface area contributed by atoms with Crippen LogP contribution in [0.25, 0.3) is 0 Å². The van der Waals surface area contributed by atoms with Crippen molar-refractivity contribution >= 4 is 23.4 Å². The molecule has 0 radical (unpaired) electrons. The number of nitrogens with two attached hydrogens (primary N) is 1. The van der Waals surface area contributed by atoms with Gasteiger partial charge in [-0.1, -0.05) is 6.07 Å². The highest BCUT2D eigenvalue weighted by Gasteiger charge is 2.17. The summed E-state index contributed by atoms with van der Waals surface area (Å²) in [5.41, 5.74) is 8.03. The number of carbonyl (C=O) groups is 1. The lowest BCUT2D eigenvalue weighted by atomic mass is 10.1. The Morgan fingerprint density at radius 3 is 2.82 bits per heavy atom. The van der Waals surface area contributed by atoms with Crippen LogP contribution in [0.5, 0.6) is 0 Å². The van der Waals surface area contributed by atoms with Gasteiger partial charge in [-0.2, -0.15) is 11.8 Å². The Balaban J connectivity index is 2.05. The number of hydrogen-bond donors (Lipinski definition) is 2. The second kappa shape index (κ2) is 5.45. The first kappa shape index (κ1) is 12.3. The largest absolute Gasteiger partial charge is 0.399 e.